The molecule has 0 radical (unpaired) electrons. The number of amides is 1. The van der Waals surface area contributed by atoms with Crippen molar-refractivity contribution in [3.63, 3.8) is 0 Å². The van der Waals surface area contributed by atoms with Gasteiger partial charge in [-0.3, -0.25) is 14.5 Å². The Bertz CT molecular complexity index is 962. The Morgan fingerprint density at radius 3 is 2.46 bits per heavy atom. The zero-order valence-electron chi connectivity index (χ0n) is 14.8. The monoisotopic (exact) mass is 347 g/mol. The molecule has 0 N–H and O–H groups in total. The van der Waals surface area contributed by atoms with Crippen LogP contribution in [-0.4, -0.2) is 21.4 Å². The first-order chi connectivity index (χ1) is 12.7. The first-order valence-electron chi connectivity index (χ1n) is 9.07. The highest BCUT2D eigenvalue weighted by molar-refractivity contribution is 6.15. The molecule has 26 heavy (non-hydrogen) atoms. The number of anilines is 1. The molecule has 2 aromatic carbocycles. The Morgan fingerprint density at radius 1 is 0.962 bits per heavy atom. The zero-order chi connectivity index (χ0) is 18.1. The summed E-state index contributed by atoms with van der Waals surface area (Å²) in [5.74, 6) is -0.506. The number of carbonyl (C=O) groups is 2. The van der Waals surface area contributed by atoms with Crippen molar-refractivity contribution in [1.29, 1.82) is 0 Å². The molecular formula is C21H21N3O2. The molecule has 1 aromatic heterocycles. The van der Waals surface area contributed by atoms with Crippen LogP contribution in [-0.2, 0) is 11.3 Å². The average Bonchev–Trinajstić information content (AvgIpc) is 3.05. The summed E-state index contributed by atoms with van der Waals surface area (Å²) in [6.45, 7) is 2.48. The summed E-state index contributed by atoms with van der Waals surface area (Å²) in [7, 11) is 0. The number of aromatic nitrogens is 2. The van der Waals surface area contributed by atoms with Crippen LogP contribution >= 0.6 is 0 Å². The number of nitrogens with zero attached hydrogens (tertiary/aromatic N) is 3. The number of benzene rings is 2. The van der Waals surface area contributed by atoms with Gasteiger partial charge in [0.15, 0.2) is 0 Å². The van der Waals surface area contributed by atoms with Crippen molar-refractivity contribution in [2.24, 2.45) is 5.92 Å². The van der Waals surface area contributed by atoms with Gasteiger partial charge in [-0.15, -0.1) is 0 Å². The molecule has 1 atom stereocenters. The lowest BCUT2D eigenvalue weighted by Crippen LogP contribution is -2.47. The molecule has 2 heterocycles. The van der Waals surface area contributed by atoms with E-state index in [-0.39, 0.29) is 11.8 Å². The van der Waals surface area contributed by atoms with Crippen LogP contribution in [0.2, 0.25) is 0 Å². The van der Waals surface area contributed by atoms with Gasteiger partial charge in [0.25, 0.3) is 0 Å². The van der Waals surface area contributed by atoms with Gasteiger partial charge < -0.3 is 0 Å². The molecule has 1 amide bonds. The van der Waals surface area contributed by atoms with E-state index < -0.39 is 5.92 Å². The van der Waals surface area contributed by atoms with Crippen LogP contribution in [0.4, 0.5) is 5.95 Å². The molecular weight excluding hydrogens is 326 g/mol. The standard InChI is InChI=1S/C21H21N3O2/c1-2-3-11-16-19(25)23(14-15-9-5-4-6-10-15)21-22-17-12-7-8-13-18(17)24(21)20(16)26/h4-10,12-13,16H,2-3,11,14H2,1H3. The molecule has 1 aliphatic rings. The van der Waals surface area contributed by atoms with Crippen molar-refractivity contribution >= 4 is 28.8 Å². The molecule has 0 bridgehead atoms. The van der Waals surface area contributed by atoms with E-state index in [2.05, 4.69) is 11.9 Å². The highest BCUT2D eigenvalue weighted by Crippen LogP contribution is 2.32. The molecule has 0 saturated heterocycles. The van der Waals surface area contributed by atoms with Crippen molar-refractivity contribution in [2.75, 3.05) is 4.90 Å². The van der Waals surface area contributed by atoms with Gasteiger partial charge in [-0.1, -0.05) is 62.2 Å². The highest BCUT2D eigenvalue weighted by atomic mass is 16.2. The molecule has 0 aliphatic carbocycles. The third-order valence-corrected chi connectivity index (χ3v) is 4.90. The minimum atomic E-state index is -0.635. The topological polar surface area (TPSA) is 55.2 Å². The maximum Gasteiger partial charge on any atom is 0.246 e. The average molecular weight is 347 g/mol. The number of unbranched alkanes of at least 4 members (excludes halogenated alkanes) is 1. The van der Waals surface area contributed by atoms with Gasteiger partial charge >= 0.3 is 0 Å². The summed E-state index contributed by atoms with van der Waals surface area (Å²) in [4.78, 5) is 32.5. The second-order valence-corrected chi connectivity index (χ2v) is 6.68. The number of rotatable bonds is 5. The lowest BCUT2D eigenvalue weighted by atomic mass is 9.97. The molecule has 0 saturated carbocycles. The largest absolute Gasteiger partial charge is 0.277 e. The lowest BCUT2D eigenvalue weighted by Gasteiger charge is -2.31. The van der Waals surface area contributed by atoms with Gasteiger partial charge in [-0.2, -0.15) is 0 Å². The van der Waals surface area contributed by atoms with E-state index in [0.29, 0.717) is 18.9 Å². The molecule has 3 aromatic rings. The van der Waals surface area contributed by atoms with E-state index in [1.165, 1.54) is 0 Å². The van der Waals surface area contributed by atoms with Crippen LogP contribution in [0.25, 0.3) is 11.0 Å². The van der Waals surface area contributed by atoms with E-state index in [1.54, 1.807) is 9.47 Å². The fourth-order valence-electron chi connectivity index (χ4n) is 3.53. The Labute approximate surface area is 152 Å². The number of hydrogen-bond donors (Lipinski definition) is 0. The normalized spacial score (nSPS) is 17.0. The smallest absolute Gasteiger partial charge is 0.246 e. The Kier molecular flexibility index (Phi) is 4.29. The van der Waals surface area contributed by atoms with Crippen LogP contribution in [0.5, 0.6) is 0 Å². The van der Waals surface area contributed by atoms with Crippen molar-refractivity contribution < 1.29 is 9.59 Å². The molecule has 5 heteroatoms. The summed E-state index contributed by atoms with van der Waals surface area (Å²) in [5.41, 5.74) is 2.51. The first kappa shape index (κ1) is 16.5. The number of carbonyl (C=O) groups excluding carboxylic acids is 2. The predicted octanol–water partition coefficient (Wildman–Crippen LogP) is 4.03. The van der Waals surface area contributed by atoms with Crippen molar-refractivity contribution in [3.05, 3.63) is 60.2 Å². The first-order valence-corrected chi connectivity index (χ1v) is 9.07. The third kappa shape index (κ3) is 2.69. The fraction of sp³-hybridized carbons (Fsp3) is 0.286. The SMILES string of the molecule is CCCCC1C(=O)N(Cc2ccccc2)c2nc3ccccc3n2C1=O. The van der Waals surface area contributed by atoms with Crippen LogP contribution in [0.1, 0.15) is 36.5 Å². The number of imidazole rings is 1. The Balaban J connectivity index is 1.83. The summed E-state index contributed by atoms with van der Waals surface area (Å²) in [6, 6.07) is 17.4. The van der Waals surface area contributed by atoms with Crippen LogP contribution < -0.4 is 4.90 Å². The van der Waals surface area contributed by atoms with E-state index >= 15 is 0 Å². The van der Waals surface area contributed by atoms with Gasteiger partial charge in [0.1, 0.15) is 5.92 Å². The maximum absolute atomic E-state index is 13.1. The summed E-state index contributed by atoms with van der Waals surface area (Å²) in [5, 5.41) is 0. The quantitative estimate of drug-likeness (QED) is 0.655. The number of para-hydroxylation sites is 2. The van der Waals surface area contributed by atoms with Crippen molar-refractivity contribution in [2.45, 2.75) is 32.7 Å². The summed E-state index contributed by atoms with van der Waals surface area (Å²) >= 11 is 0. The summed E-state index contributed by atoms with van der Waals surface area (Å²) < 4.78 is 1.62. The van der Waals surface area contributed by atoms with Crippen LogP contribution in [0.3, 0.4) is 0 Å². The zero-order valence-corrected chi connectivity index (χ0v) is 14.8. The van der Waals surface area contributed by atoms with Crippen LogP contribution in [0.15, 0.2) is 54.6 Å². The second-order valence-electron chi connectivity index (χ2n) is 6.68. The van der Waals surface area contributed by atoms with E-state index in [9.17, 15) is 9.59 Å². The molecule has 1 unspecified atom stereocenters. The predicted molar refractivity (Wildman–Crippen MR) is 101 cm³/mol. The minimum Gasteiger partial charge on any atom is -0.277 e. The van der Waals surface area contributed by atoms with E-state index in [4.69, 9.17) is 0 Å². The lowest BCUT2D eigenvalue weighted by molar-refractivity contribution is -0.122. The van der Waals surface area contributed by atoms with Crippen molar-refractivity contribution in [3.8, 4) is 0 Å². The van der Waals surface area contributed by atoms with Gasteiger partial charge in [0.2, 0.25) is 17.8 Å². The molecule has 132 valence electrons. The maximum atomic E-state index is 13.1. The number of fused-ring (bicyclic) bond motifs is 3. The van der Waals surface area contributed by atoms with Gasteiger partial charge in [0.05, 0.1) is 17.6 Å². The van der Waals surface area contributed by atoms with Crippen LogP contribution in [0, 0.1) is 5.92 Å². The Morgan fingerprint density at radius 2 is 1.69 bits per heavy atom. The third-order valence-electron chi connectivity index (χ3n) is 4.90. The molecule has 0 fully saturated rings. The second kappa shape index (κ2) is 6.75. The number of hydrogen-bond acceptors (Lipinski definition) is 3. The van der Waals surface area contributed by atoms with Gasteiger partial charge in [0, 0.05) is 0 Å². The fourth-order valence-corrected chi connectivity index (χ4v) is 3.53. The molecule has 0 spiro atoms. The highest BCUT2D eigenvalue weighted by Gasteiger charge is 2.41. The van der Waals surface area contributed by atoms with E-state index in [0.717, 1.165) is 29.4 Å². The molecule has 1 aliphatic heterocycles. The Hall–Kier alpha value is -2.95. The summed E-state index contributed by atoms with van der Waals surface area (Å²) in [6.07, 6.45) is 2.38. The molecule has 4 rings (SSSR count). The minimum absolute atomic E-state index is 0.143. The van der Waals surface area contributed by atoms with Gasteiger partial charge in [-0.25, -0.2) is 9.55 Å². The van der Waals surface area contributed by atoms with Crippen molar-refractivity contribution in [1.82, 2.24) is 9.55 Å². The van der Waals surface area contributed by atoms with E-state index in [1.807, 2.05) is 54.6 Å². The van der Waals surface area contributed by atoms with Gasteiger partial charge in [-0.05, 0) is 24.1 Å². The molecule has 5 nitrogen and oxygen atoms in total.